The van der Waals surface area contributed by atoms with Crippen molar-refractivity contribution in [2.45, 2.75) is 11.1 Å². The van der Waals surface area contributed by atoms with E-state index in [9.17, 15) is 36.5 Å². The fraction of sp³-hybridized carbons (Fsp3) is 0.0769. The number of sulfonamides is 1. The molecular weight excluding hydrogens is 553 g/mol. The Morgan fingerprint density at radius 3 is 2.35 bits per heavy atom. The number of hydrogen-bond donors (Lipinski definition) is 1. The first-order chi connectivity index (χ1) is 18.9. The maximum atomic E-state index is 13.3. The Balaban J connectivity index is 1.52. The Morgan fingerprint density at radius 2 is 1.70 bits per heavy atom. The normalized spacial score (nSPS) is 11.9. The van der Waals surface area contributed by atoms with Crippen LogP contribution in [0.4, 0.5) is 24.5 Å². The summed E-state index contributed by atoms with van der Waals surface area (Å²) in [5.41, 5.74) is 1.15. The largest absolute Gasteiger partial charge is 0.455 e. The summed E-state index contributed by atoms with van der Waals surface area (Å²) in [5, 5.41) is 14.5. The second-order valence-corrected chi connectivity index (χ2v) is 10.0. The van der Waals surface area contributed by atoms with E-state index in [4.69, 9.17) is 4.42 Å². The van der Waals surface area contributed by atoms with Gasteiger partial charge in [-0.25, -0.2) is 13.8 Å². The molecule has 0 radical (unpaired) electrons. The lowest BCUT2D eigenvalue weighted by Crippen LogP contribution is -2.39. The number of anilines is 1. The van der Waals surface area contributed by atoms with Crippen molar-refractivity contribution in [1.29, 1.82) is 0 Å². The van der Waals surface area contributed by atoms with Crippen molar-refractivity contribution in [2.75, 3.05) is 10.8 Å². The molecule has 0 aliphatic rings. The summed E-state index contributed by atoms with van der Waals surface area (Å²) < 4.78 is 72.6. The molecule has 1 amide bonds. The molecule has 10 nitrogen and oxygen atoms in total. The highest BCUT2D eigenvalue weighted by molar-refractivity contribution is 7.92. The summed E-state index contributed by atoms with van der Waals surface area (Å²) in [5.74, 6) is -0.372. The molecule has 0 unspecified atom stereocenters. The second kappa shape index (κ2) is 11.4. The highest BCUT2D eigenvalue weighted by Crippen LogP contribution is 2.33. The van der Waals surface area contributed by atoms with Crippen LogP contribution in [0.5, 0.6) is 0 Å². The van der Waals surface area contributed by atoms with Crippen LogP contribution in [0.3, 0.4) is 0 Å². The minimum absolute atomic E-state index is 0.0896. The van der Waals surface area contributed by atoms with Gasteiger partial charge in [-0.2, -0.15) is 18.3 Å². The third kappa shape index (κ3) is 6.53. The average molecular weight is 573 g/mol. The van der Waals surface area contributed by atoms with E-state index in [2.05, 4.69) is 10.5 Å². The number of hydrogen-bond acceptors (Lipinski definition) is 7. The van der Waals surface area contributed by atoms with E-state index in [-0.39, 0.29) is 22.0 Å². The Morgan fingerprint density at radius 1 is 1.00 bits per heavy atom. The van der Waals surface area contributed by atoms with Crippen LogP contribution in [0.25, 0.3) is 11.3 Å². The Bertz CT molecular complexity index is 1650. The number of furan rings is 1. The third-order valence-electron chi connectivity index (χ3n) is 5.45. The lowest BCUT2D eigenvalue weighted by molar-refractivity contribution is -0.384. The molecule has 3 aromatic carbocycles. The van der Waals surface area contributed by atoms with E-state index in [0.717, 1.165) is 24.4 Å². The number of benzene rings is 3. The minimum Gasteiger partial charge on any atom is -0.455 e. The minimum atomic E-state index is -4.74. The van der Waals surface area contributed by atoms with Gasteiger partial charge in [0.05, 0.1) is 27.3 Å². The second-order valence-electron chi connectivity index (χ2n) is 8.17. The van der Waals surface area contributed by atoms with Gasteiger partial charge >= 0.3 is 6.18 Å². The van der Waals surface area contributed by atoms with Crippen LogP contribution in [0.1, 0.15) is 11.3 Å². The molecule has 1 aromatic heterocycles. The van der Waals surface area contributed by atoms with Crippen molar-refractivity contribution in [1.82, 2.24) is 5.43 Å². The van der Waals surface area contributed by atoms with E-state index in [1.807, 2.05) is 0 Å². The molecule has 206 valence electrons. The van der Waals surface area contributed by atoms with Gasteiger partial charge in [-0.15, -0.1) is 0 Å². The van der Waals surface area contributed by atoms with Crippen LogP contribution in [0.2, 0.25) is 0 Å². The van der Waals surface area contributed by atoms with Crippen LogP contribution < -0.4 is 9.73 Å². The van der Waals surface area contributed by atoms with Crippen LogP contribution in [0.15, 0.2) is 105 Å². The lowest BCUT2D eigenvalue weighted by atomic mass is 10.1. The quantitative estimate of drug-likeness (QED) is 0.166. The monoisotopic (exact) mass is 572 g/mol. The zero-order valence-electron chi connectivity index (χ0n) is 20.3. The predicted molar refractivity (Wildman–Crippen MR) is 139 cm³/mol. The zero-order valence-corrected chi connectivity index (χ0v) is 21.1. The van der Waals surface area contributed by atoms with Gasteiger partial charge < -0.3 is 4.42 Å². The molecule has 0 spiro atoms. The van der Waals surface area contributed by atoms with Gasteiger partial charge in [0.2, 0.25) is 0 Å². The average Bonchev–Trinajstić information content (AvgIpc) is 3.41. The molecule has 1 N–H and O–H groups in total. The Hall–Kier alpha value is -4.98. The van der Waals surface area contributed by atoms with E-state index in [1.54, 1.807) is 12.1 Å². The molecule has 1 heterocycles. The molecule has 40 heavy (non-hydrogen) atoms. The number of carbonyl (C=O) groups is 1. The van der Waals surface area contributed by atoms with Gasteiger partial charge in [-0.1, -0.05) is 24.3 Å². The summed E-state index contributed by atoms with van der Waals surface area (Å²) in [7, 11) is -4.43. The number of amides is 1. The van der Waals surface area contributed by atoms with E-state index >= 15 is 0 Å². The predicted octanol–water partition coefficient (Wildman–Crippen LogP) is 5.22. The molecule has 0 atom stereocenters. The van der Waals surface area contributed by atoms with Crippen molar-refractivity contribution in [2.24, 2.45) is 5.10 Å². The molecule has 0 saturated heterocycles. The number of nitro benzene ring substituents is 1. The fourth-order valence-corrected chi connectivity index (χ4v) is 4.96. The number of alkyl halides is 3. The molecule has 4 aromatic rings. The molecule has 0 saturated carbocycles. The van der Waals surface area contributed by atoms with E-state index < -0.39 is 39.1 Å². The van der Waals surface area contributed by atoms with Crippen LogP contribution in [0, 0.1) is 10.1 Å². The maximum absolute atomic E-state index is 13.3. The van der Waals surface area contributed by atoms with Crippen molar-refractivity contribution in [3.05, 3.63) is 112 Å². The Labute approximate surface area is 225 Å². The summed E-state index contributed by atoms with van der Waals surface area (Å²) in [6.07, 6.45) is -3.60. The van der Waals surface area contributed by atoms with Gasteiger partial charge in [0.15, 0.2) is 0 Å². The highest BCUT2D eigenvalue weighted by atomic mass is 32.2. The molecule has 0 bridgehead atoms. The lowest BCUT2D eigenvalue weighted by Gasteiger charge is -2.24. The third-order valence-corrected chi connectivity index (χ3v) is 7.24. The van der Waals surface area contributed by atoms with Gasteiger partial charge in [0.1, 0.15) is 18.1 Å². The summed E-state index contributed by atoms with van der Waals surface area (Å²) in [4.78, 5) is 22.7. The van der Waals surface area contributed by atoms with Gasteiger partial charge in [0.25, 0.3) is 21.6 Å². The van der Waals surface area contributed by atoms with Gasteiger partial charge in [0, 0.05) is 17.7 Å². The number of carbonyl (C=O) groups excluding carboxylic acids is 1. The SMILES string of the molecule is O=C(CN(c1cccc(C(F)(F)F)c1)S(=O)(=O)c1ccccc1)N/N=C\c1ccc(-c2ccc([N+](=O)[O-])cc2)o1. The van der Waals surface area contributed by atoms with Crippen molar-refractivity contribution >= 4 is 33.5 Å². The summed E-state index contributed by atoms with van der Waals surface area (Å²) >= 11 is 0. The van der Waals surface area contributed by atoms with Crippen molar-refractivity contribution < 1.29 is 35.7 Å². The topological polar surface area (TPSA) is 135 Å². The maximum Gasteiger partial charge on any atom is 0.416 e. The highest BCUT2D eigenvalue weighted by Gasteiger charge is 2.33. The molecule has 14 heteroatoms. The van der Waals surface area contributed by atoms with E-state index in [1.165, 1.54) is 54.6 Å². The van der Waals surface area contributed by atoms with Gasteiger partial charge in [-0.05, 0) is 54.6 Å². The molecular formula is C26H19F3N4O6S. The smallest absolute Gasteiger partial charge is 0.416 e. The number of nitro groups is 1. The molecule has 0 fully saturated rings. The number of nitrogens with one attached hydrogen (secondary N) is 1. The van der Waals surface area contributed by atoms with Crippen molar-refractivity contribution in [3.8, 4) is 11.3 Å². The fourth-order valence-electron chi connectivity index (χ4n) is 3.53. The first-order valence-electron chi connectivity index (χ1n) is 11.4. The number of halogens is 3. The molecule has 4 rings (SSSR count). The number of hydrazone groups is 1. The van der Waals surface area contributed by atoms with E-state index in [0.29, 0.717) is 21.7 Å². The summed E-state index contributed by atoms with van der Waals surface area (Å²) in [6.45, 7) is -0.873. The van der Waals surface area contributed by atoms with Crippen LogP contribution >= 0.6 is 0 Å². The molecule has 0 aliphatic heterocycles. The standard InChI is InChI=1S/C26H19F3N4O6S/c27-26(28,29)19-5-4-6-21(15-19)32(40(37,38)23-7-2-1-3-8-23)17-25(34)31-30-16-22-13-14-24(39-22)18-9-11-20(12-10-18)33(35)36/h1-16H,17H2,(H,31,34)/b30-16-. The number of non-ortho nitro benzene ring substituents is 1. The molecule has 0 aliphatic carbocycles. The zero-order chi connectivity index (χ0) is 28.9. The van der Waals surface area contributed by atoms with Crippen LogP contribution in [-0.2, 0) is 21.0 Å². The Kier molecular flexibility index (Phi) is 8.00. The first kappa shape index (κ1) is 28.0. The summed E-state index contributed by atoms with van der Waals surface area (Å²) in [6, 6.07) is 19.3. The van der Waals surface area contributed by atoms with Crippen molar-refractivity contribution in [3.63, 3.8) is 0 Å². The number of nitrogens with zero attached hydrogens (tertiary/aromatic N) is 3. The van der Waals surface area contributed by atoms with Crippen LogP contribution in [-0.4, -0.2) is 32.0 Å². The first-order valence-corrected chi connectivity index (χ1v) is 12.8. The number of rotatable bonds is 9. The van der Waals surface area contributed by atoms with Gasteiger partial charge in [-0.3, -0.25) is 19.2 Å².